The molecule has 0 aliphatic heterocycles. The third-order valence-electron chi connectivity index (χ3n) is 3.44. The third kappa shape index (κ3) is 3.03. The van der Waals surface area contributed by atoms with Gasteiger partial charge in [0.1, 0.15) is 0 Å². The van der Waals surface area contributed by atoms with E-state index in [2.05, 4.69) is 69.5 Å². The quantitative estimate of drug-likeness (QED) is 0.909. The van der Waals surface area contributed by atoms with Gasteiger partial charge in [0.2, 0.25) is 0 Å². The molecule has 110 valence electrons. The summed E-state index contributed by atoms with van der Waals surface area (Å²) in [5, 5.41) is 12.5. The number of aromatic nitrogens is 4. The molecule has 0 fully saturated rings. The van der Waals surface area contributed by atoms with Crippen molar-refractivity contribution in [3.63, 3.8) is 0 Å². The van der Waals surface area contributed by atoms with Crippen molar-refractivity contribution in [1.29, 1.82) is 0 Å². The highest BCUT2D eigenvalue weighted by Crippen LogP contribution is 2.17. The lowest BCUT2D eigenvalue weighted by Gasteiger charge is -2.05. The highest BCUT2D eigenvalue weighted by Gasteiger charge is 2.10. The number of nitrogens with zero attached hydrogens (tertiary/aromatic N) is 4. The van der Waals surface area contributed by atoms with Crippen molar-refractivity contribution in [1.82, 2.24) is 19.6 Å². The van der Waals surface area contributed by atoms with Crippen LogP contribution >= 0.6 is 0 Å². The molecule has 5 heteroatoms. The summed E-state index contributed by atoms with van der Waals surface area (Å²) in [6.45, 7) is 13.4. The number of hydrogen-bond donors (Lipinski definition) is 1. The first-order chi connectivity index (χ1) is 9.38. The van der Waals surface area contributed by atoms with E-state index in [9.17, 15) is 0 Å². The van der Waals surface area contributed by atoms with Crippen molar-refractivity contribution in [3.8, 4) is 0 Å². The summed E-state index contributed by atoms with van der Waals surface area (Å²) in [6.07, 6.45) is 4.19. The summed E-state index contributed by atoms with van der Waals surface area (Å²) in [5.41, 5.74) is 3.47. The highest BCUT2D eigenvalue weighted by molar-refractivity contribution is 5.42. The van der Waals surface area contributed by atoms with E-state index in [0.717, 1.165) is 18.1 Å². The van der Waals surface area contributed by atoms with Gasteiger partial charge in [-0.05, 0) is 41.5 Å². The van der Waals surface area contributed by atoms with Gasteiger partial charge in [-0.15, -0.1) is 0 Å². The molecule has 0 atom stereocenters. The van der Waals surface area contributed by atoms with Gasteiger partial charge < -0.3 is 5.32 Å². The lowest BCUT2D eigenvalue weighted by molar-refractivity contribution is 0.529. The number of anilines is 1. The molecule has 1 N–H and O–H groups in total. The van der Waals surface area contributed by atoms with Crippen LogP contribution in [0.4, 0.5) is 5.82 Å². The molecule has 0 unspecified atom stereocenters. The molecule has 0 aromatic carbocycles. The second-order valence-electron chi connectivity index (χ2n) is 5.90. The van der Waals surface area contributed by atoms with E-state index in [1.54, 1.807) is 0 Å². The van der Waals surface area contributed by atoms with Crippen LogP contribution in [0.1, 0.15) is 56.6 Å². The van der Waals surface area contributed by atoms with Gasteiger partial charge in [0.05, 0.1) is 5.69 Å². The van der Waals surface area contributed by atoms with E-state index in [1.165, 1.54) is 11.1 Å². The average molecular weight is 275 g/mol. The molecule has 0 bridgehead atoms. The minimum absolute atomic E-state index is 0.384. The summed E-state index contributed by atoms with van der Waals surface area (Å²) >= 11 is 0. The van der Waals surface area contributed by atoms with Crippen LogP contribution in [-0.4, -0.2) is 19.6 Å². The molecule has 5 nitrogen and oxygen atoms in total. The Kier molecular flexibility index (Phi) is 4.16. The Balaban J connectivity index is 2.09. The van der Waals surface area contributed by atoms with Gasteiger partial charge in [-0.1, -0.05) is 0 Å². The van der Waals surface area contributed by atoms with Gasteiger partial charge in [0.25, 0.3) is 0 Å². The lowest BCUT2D eigenvalue weighted by atomic mass is 10.2. The van der Waals surface area contributed by atoms with Crippen LogP contribution in [0.2, 0.25) is 0 Å². The predicted octanol–water partition coefficient (Wildman–Crippen LogP) is 3.47. The second-order valence-corrected chi connectivity index (χ2v) is 5.90. The zero-order valence-electron chi connectivity index (χ0n) is 13.3. The standard InChI is InChI=1S/C15H25N5/c1-10(2)19-8-12(5)15(18-19)16-7-14-9-20(11(3)4)17-13(14)6/h8-11H,7H2,1-6H3,(H,16,18). The molecule has 2 aromatic rings. The summed E-state index contributed by atoms with van der Waals surface area (Å²) < 4.78 is 3.99. The summed E-state index contributed by atoms with van der Waals surface area (Å²) in [5.74, 6) is 0.954. The van der Waals surface area contributed by atoms with Crippen LogP contribution in [0.3, 0.4) is 0 Å². The van der Waals surface area contributed by atoms with Crippen molar-refractivity contribution in [3.05, 3.63) is 29.2 Å². The summed E-state index contributed by atoms with van der Waals surface area (Å²) in [7, 11) is 0. The van der Waals surface area contributed by atoms with E-state index >= 15 is 0 Å². The molecule has 0 aliphatic carbocycles. The topological polar surface area (TPSA) is 47.7 Å². The molecule has 0 spiro atoms. The molecule has 0 amide bonds. The normalized spacial score (nSPS) is 11.6. The first-order valence-electron chi connectivity index (χ1n) is 7.22. The maximum Gasteiger partial charge on any atom is 0.151 e. The molecule has 20 heavy (non-hydrogen) atoms. The van der Waals surface area contributed by atoms with Gasteiger partial charge in [-0.2, -0.15) is 10.2 Å². The monoisotopic (exact) mass is 275 g/mol. The molecule has 2 aromatic heterocycles. The summed E-state index contributed by atoms with van der Waals surface area (Å²) in [4.78, 5) is 0. The Labute approximate surface area is 121 Å². The van der Waals surface area contributed by atoms with Crippen LogP contribution in [0, 0.1) is 13.8 Å². The van der Waals surface area contributed by atoms with Crippen molar-refractivity contribution >= 4 is 5.82 Å². The number of hydrogen-bond acceptors (Lipinski definition) is 3. The third-order valence-corrected chi connectivity index (χ3v) is 3.44. The SMILES string of the molecule is Cc1cn(C(C)C)nc1NCc1cn(C(C)C)nc1C. The molecular formula is C15H25N5. The van der Waals surface area contributed by atoms with Crippen LogP contribution in [0.25, 0.3) is 0 Å². The maximum atomic E-state index is 4.57. The Morgan fingerprint density at radius 3 is 2.10 bits per heavy atom. The van der Waals surface area contributed by atoms with Crippen molar-refractivity contribution in [2.24, 2.45) is 0 Å². The zero-order valence-corrected chi connectivity index (χ0v) is 13.3. The summed E-state index contributed by atoms with van der Waals surface area (Å²) in [6, 6.07) is 0.777. The zero-order chi connectivity index (χ0) is 14.9. The largest absolute Gasteiger partial charge is 0.364 e. The van der Waals surface area contributed by atoms with Crippen LogP contribution in [-0.2, 0) is 6.54 Å². The van der Waals surface area contributed by atoms with Crippen LogP contribution < -0.4 is 5.32 Å². The van der Waals surface area contributed by atoms with E-state index in [0.29, 0.717) is 12.1 Å². The van der Waals surface area contributed by atoms with Gasteiger partial charge >= 0.3 is 0 Å². The number of rotatable bonds is 5. The van der Waals surface area contributed by atoms with E-state index in [4.69, 9.17) is 0 Å². The van der Waals surface area contributed by atoms with Gasteiger partial charge in [0, 0.05) is 42.1 Å². The Morgan fingerprint density at radius 2 is 1.60 bits per heavy atom. The minimum Gasteiger partial charge on any atom is -0.364 e. The fourth-order valence-corrected chi connectivity index (χ4v) is 2.06. The van der Waals surface area contributed by atoms with Gasteiger partial charge in [-0.3, -0.25) is 9.36 Å². The smallest absolute Gasteiger partial charge is 0.151 e. The average Bonchev–Trinajstić information content (AvgIpc) is 2.91. The van der Waals surface area contributed by atoms with Crippen LogP contribution in [0.5, 0.6) is 0 Å². The Bertz CT molecular complexity index is 525. The van der Waals surface area contributed by atoms with Gasteiger partial charge in [0.15, 0.2) is 5.82 Å². The Hall–Kier alpha value is -1.78. The molecule has 0 radical (unpaired) electrons. The minimum atomic E-state index is 0.384. The van der Waals surface area contributed by atoms with E-state index in [-0.39, 0.29) is 0 Å². The fraction of sp³-hybridized carbons (Fsp3) is 0.600. The maximum absolute atomic E-state index is 4.57. The molecule has 0 saturated carbocycles. The highest BCUT2D eigenvalue weighted by atomic mass is 15.3. The molecule has 0 aliphatic rings. The number of nitrogens with one attached hydrogen (secondary N) is 1. The molecule has 0 saturated heterocycles. The first kappa shape index (κ1) is 14.6. The van der Waals surface area contributed by atoms with Gasteiger partial charge in [-0.25, -0.2) is 0 Å². The molecule has 2 rings (SSSR count). The van der Waals surface area contributed by atoms with Crippen molar-refractivity contribution in [2.75, 3.05) is 5.32 Å². The van der Waals surface area contributed by atoms with E-state index in [1.807, 2.05) is 9.36 Å². The first-order valence-corrected chi connectivity index (χ1v) is 7.22. The van der Waals surface area contributed by atoms with Crippen molar-refractivity contribution < 1.29 is 0 Å². The fourth-order valence-electron chi connectivity index (χ4n) is 2.06. The Morgan fingerprint density at radius 1 is 1.00 bits per heavy atom. The molecule has 2 heterocycles. The lowest BCUT2D eigenvalue weighted by Crippen LogP contribution is -2.04. The molecular weight excluding hydrogens is 250 g/mol. The van der Waals surface area contributed by atoms with Crippen LogP contribution in [0.15, 0.2) is 12.4 Å². The van der Waals surface area contributed by atoms with Crippen molar-refractivity contribution in [2.45, 2.75) is 60.2 Å². The van der Waals surface area contributed by atoms with E-state index < -0.39 is 0 Å². The predicted molar refractivity (Wildman–Crippen MR) is 82.0 cm³/mol. The number of aryl methyl sites for hydroxylation is 2. The second kappa shape index (κ2) is 5.69.